The maximum Gasteiger partial charge on any atom is 0.191 e. The maximum absolute atomic E-state index is 5.86. The van der Waals surface area contributed by atoms with Gasteiger partial charge < -0.3 is 9.47 Å². The highest BCUT2D eigenvalue weighted by Gasteiger charge is 2.17. The Labute approximate surface area is 189 Å². The van der Waals surface area contributed by atoms with E-state index in [1.165, 1.54) is 5.56 Å². The minimum Gasteiger partial charge on any atom is -0.490 e. The van der Waals surface area contributed by atoms with Crippen LogP contribution in [0.5, 0.6) is 11.5 Å². The zero-order chi connectivity index (χ0) is 21.3. The van der Waals surface area contributed by atoms with Crippen LogP contribution in [-0.4, -0.2) is 32.8 Å². The number of fused-ring (bicyclic) bond motifs is 4. The topological polar surface area (TPSA) is 61.5 Å². The molecule has 0 aliphatic carbocycles. The van der Waals surface area contributed by atoms with Crippen LogP contribution in [0, 0.1) is 0 Å². The standard InChI is InChI=1S/C25H20N4O2S/c1-2-7-17(8-3-1)16-32-25-26-20-10-5-4-9-19(20)24-27-23(28-29(24)25)18-11-12-21-22(15-18)31-14-6-13-30-21/h1-5,7-12,15H,6,13-14,16H2. The van der Waals surface area contributed by atoms with E-state index in [1.54, 1.807) is 11.8 Å². The molecule has 0 unspecified atom stereocenters. The zero-order valence-corrected chi connectivity index (χ0v) is 18.1. The summed E-state index contributed by atoms with van der Waals surface area (Å²) in [4.78, 5) is 9.79. The van der Waals surface area contributed by atoms with Crippen molar-refractivity contribution in [2.75, 3.05) is 13.2 Å². The number of nitrogens with zero attached hydrogens (tertiary/aromatic N) is 4. The quantitative estimate of drug-likeness (QED) is 0.276. The molecule has 0 spiro atoms. The van der Waals surface area contributed by atoms with Gasteiger partial charge in [-0.3, -0.25) is 0 Å². The van der Waals surface area contributed by atoms with E-state index < -0.39 is 0 Å². The number of hydrogen-bond acceptors (Lipinski definition) is 6. The number of thioether (sulfide) groups is 1. The fraction of sp³-hybridized carbons (Fsp3) is 0.160. The molecule has 0 bridgehead atoms. The van der Waals surface area contributed by atoms with E-state index in [9.17, 15) is 0 Å². The first-order valence-electron chi connectivity index (χ1n) is 10.6. The number of hydrogen-bond donors (Lipinski definition) is 0. The minimum absolute atomic E-state index is 0.639. The van der Waals surface area contributed by atoms with Gasteiger partial charge in [0.25, 0.3) is 0 Å². The van der Waals surface area contributed by atoms with Crippen molar-refractivity contribution in [1.29, 1.82) is 0 Å². The second-order valence-corrected chi connectivity index (χ2v) is 8.51. The van der Waals surface area contributed by atoms with Gasteiger partial charge in [0.2, 0.25) is 0 Å². The predicted octanol–water partition coefficient (Wildman–Crippen LogP) is 5.40. The number of aromatic nitrogens is 4. The molecular formula is C25H20N4O2S. The van der Waals surface area contributed by atoms with Crippen molar-refractivity contribution in [2.45, 2.75) is 17.3 Å². The van der Waals surface area contributed by atoms with Crippen LogP contribution in [0.3, 0.4) is 0 Å². The lowest BCUT2D eigenvalue weighted by molar-refractivity contribution is 0.297. The van der Waals surface area contributed by atoms with E-state index in [-0.39, 0.29) is 0 Å². The summed E-state index contributed by atoms with van der Waals surface area (Å²) in [6.07, 6.45) is 0.871. The van der Waals surface area contributed by atoms with Gasteiger partial charge in [-0.1, -0.05) is 54.2 Å². The van der Waals surface area contributed by atoms with E-state index >= 15 is 0 Å². The van der Waals surface area contributed by atoms with Gasteiger partial charge in [-0.15, -0.1) is 5.10 Å². The number of benzene rings is 3. The Hall–Kier alpha value is -3.58. The lowest BCUT2D eigenvalue weighted by atomic mass is 10.2. The van der Waals surface area contributed by atoms with Gasteiger partial charge in [0.15, 0.2) is 28.1 Å². The van der Waals surface area contributed by atoms with Crippen LogP contribution in [0.2, 0.25) is 0 Å². The molecule has 3 heterocycles. The molecule has 7 heteroatoms. The average molecular weight is 441 g/mol. The summed E-state index contributed by atoms with van der Waals surface area (Å²) in [6.45, 7) is 1.31. The van der Waals surface area contributed by atoms with E-state index in [0.29, 0.717) is 19.0 Å². The van der Waals surface area contributed by atoms with Crippen LogP contribution in [0.15, 0.2) is 78.0 Å². The van der Waals surface area contributed by atoms with E-state index in [1.807, 2.05) is 53.0 Å². The van der Waals surface area contributed by atoms with Crippen molar-refractivity contribution in [2.24, 2.45) is 0 Å². The summed E-state index contributed by atoms with van der Waals surface area (Å²) < 4.78 is 13.5. The molecule has 0 radical (unpaired) electrons. The molecule has 0 saturated carbocycles. The monoisotopic (exact) mass is 440 g/mol. The van der Waals surface area contributed by atoms with Gasteiger partial charge >= 0.3 is 0 Å². The van der Waals surface area contributed by atoms with Crippen molar-refractivity contribution in [3.8, 4) is 22.9 Å². The molecule has 158 valence electrons. The van der Waals surface area contributed by atoms with Crippen LogP contribution >= 0.6 is 11.8 Å². The SMILES string of the molecule is c1ccc(CSc2nc3ccccc3c3nc(-c4ccc5c(c4)OCCCO5)nn23)cc1. The fourth-order valence-electron chi connectivity index (χ4n) is 3.77. The number of para-hydroxylation sites is 1. The van der Waals surface area contributed by atoms with Crippen molar-refractivity contribution in [1.82, 2.24) is 19.6 Å². The summed E-state index contributed by atoms with van der Waals surface area (Å²) in [5.74, 6) is 2.95. The maximum atomic E-state index is 5.86. The molecule has 0 atom stereocenters. The summed E-state index contributed by atoms with van der Waals surface area (Å²) in [5.41, 5.74) is 3.84. The summed E-state index contributed by atoms with van der Waals surface area (Å²) in [7, 11) is 0. The third-order valence-corrected chi connectivity index (χ3v) is 6.37. The Kier molecular flexibility index (Phi) is 4.88. The Morgan fingerprint density at radius 2 is 1.66 bits per heavy atom. The Balaban J connectivity index is 1.45. The smallest absolute Gasteiger partial charge is 0.191 e. The fourth-order valence-corrected chi connectivity index (χ4v) is 4.67. The van der Waals surface area contributed by atoms with Crippen LogP contribution in [-0.2, 0) is 5.75 Å². The molecule has 0 amide bonds. The summed E-state index contributed by atoms with van der Waals surface area (Å²) in [6, 6.07) is 24.3. The van der Waals surface area contributed by atoms with Gasteiger partial charge in [0.1, 0.15) is 0 Å². The van der Waals surface area contributed by atoms with Crippen LogP contribution in [0.1, 0.15) is 12.0 Å². The van der Waals surface area contributed by atoms with Crippen LogP contribution in [0.25, 0.3) is 27.9 Å². The highest BCUT2D eigenvalue weighted by molar-refractivity contribution is 7.98. The molecule has 0 N–H and O–H groups in total. The van der Waals surface area contributed by atoms with E-state index in [2.05, 4.69) is 24.3 Å². The van der Waals surface area contributed by atoms with Crippen molar-refractivity contribution in [3.05, 3.63) is 78.4 Å². The van der Waals surface area contributed by atoms with Crippen molar-refractivity contribution < 1.29 is 9.47 Å². The molecule has 32 heavy (non-hydrogen) atoms. The van der Waals surface area contributed by atoms with Gasteiger partial charge in [-0.05, 0) is 35.9 Å². The van der Waals surface area contributed by atoms with Crippen molar-refractivity contribution in [3.63, 3.8) is 0 Å². The van der Waals surface area contributed by atoms with Gasteiger partial charge in [-0.25, -0.2) is 9.97 Å². The third kappa shape index (κ3) is 3.54. The average Bonchev–Trinajstić information content (AvgIpc) is 3.16. The molecule has 0 saturated heterocycles. The molecule has 1 aliphatic rings. The lowest BCUT2D eigenvalue weighted by Gasteiger charge is -2.07. The summed E-state index contributed by atoms with van der Waals surface area (Å²) >= 11 is 1.66. The van der Waals surface area contributed by atoms with E-state index in [4.69, 9.17) is 24.5 Å². The normalized spacial score (nSPS) is 13.4. The molecule has 0 fully saturated rings. The first-order valence-corrected chi connectivity index (χ1v) is 11.6. The third-order valence-electron chi connectivity index (χ3n) is 5.37. The minimum atomic E-state index is 0.639. The Morgan fingerprint density at radius 1 is 0.844 bits per heavy atom. The molecule has 6 nitrogen and oxygen atoms in total. The molecule has 2 aromatic heterocycles. The van der Waals surface area contributed by atoms with E-state index in [0.717, 1.165) is 50.9 Å². The molecule has 5 aromatic rings. The molecule has 1 aliphatic heterocycles. The predicted molar refractivity (Wildman–Crippen MR) is 125 cm³/mol. The molecule has 6 rings (SSSR count). The Bertz CT molecular complexity index is 1420. The second kappa shape index (κ2) is 8.16. The zero-order valence-electron chi connectivity index (χ0n) is 17.3. The first kappa shape index (κ1) is 19.1. The van der Waals surface area contributed by atoms with Crippen molar-refractivity contribution >= 4 is 28.3 Å². The highest BCUT2D eigenvalue weighted by Crippen LogP contribution is 2.34. The molecular weight excluding hydrogens is 420 g/mol. The highest BCUT2D eigenvalue weighted by atomic mass is 32.2. The van der Waals surface area contributed by atoms with Crippen LogP contribution < -0.4 is 9.47 Å². The van der Waals surface area contributed by atoms with Gasteiger partial charge in [-0.2, -0.15) is 4.52 Å². The first-order chi connectivity index (χ1) is 15.8. The van der Waals surface area contributed by atoms with Gasteiger partial charge in [0, 0.05) is 23.1 Å². The number of rotatable bonds is 4. The largest absolute Gasteiger partial charge is 0.490 e. The molecule has 3 aromatic carbocycles. The lowest BCUT2D eigenvalue weighted by Crippen LogP contribution is -1.98. The Morgan fingerprint density at radius 3 is 2.56 bits per heavy atom. The second-order valence-electron chi connectivity index (χ2n) is 7.57. The number of ether oxygens (including phenoxy) is 2. The van der Waals surface area contributed by atoms with Gasteiger partial charge in [0.05, 0.1) is 18.7 Å². The van der Waals surface area contributed by atoms with Crippen LogP contribution in [0.4, 0.5) is 0 Å². The summed E-state index contributed by atoms with van der Waals surface area (Å²) in [5, 5.41) is 6.64.